The lowest BCUT2D eigenvalue weighted by Crippen LogP contribution is -2.39. The van der Waals surface area contributed by atoms with Crippen molar-refractivity contribution in [3.05, 3.63) is 22.4 Å². The molecule has 0 spiro atoms. The summed E-state index contributed by atoms with van der Waals surface area (Å²) in [6, 6.07) is 3.57. The minimum Gasteiger partial charge on any atom is -0.344 e. The minimum absolute atomic E-state index is 0.0670. The predicted octanol–water partition coefficient (Wildman–Crippen LogP) is 2.73. The fraction of sp³-hybridized carbons (Fsp3) is 0.538. The number of rotatable bonds is 5. The van der Waals surface area contributed by atoms with Crippen molar-refractivity contribution in [3.8, 4) is 0 Å². The van der Waals surface area contributed by atoms with Crippen LogP contribution < -0.4 is 5.32 Å². The van der Waals surface area contributed by atoms with E-state index in [4.69, 9.17) is 0 Å². The summed E-state index contributed by atoms with van der Waals surface area (Å²) in [6.07, 6.45) is 0. The van der Waals surface area contributed by atoms with Gasteiger partial charge >= 0.3 is 0 Å². The number of carbonyl (C=O) groups is 2. The third-order valence-corrected chi connectivity index (χ3v) is 4.19. The van der Waals surface area contributed by atoms with Crippen LogP contribution in [0.15, 0.2) is 17.5 Å². The molecule has 1 rings (SSSR count). The molecule has 0 fully saturated rings. The molecule has 4 heteroatoms. The van der Waals surface area contributed by atoms with Gasteiger partial charge in [0.2, 0.25) is 0 Å². The molecule has 0 aliphatic rings. The molecule has 1 N–H and O–H groups in total. The SMILES string of the molecule is CC(C)C(C)(C)C(=O)CNC(=O)c1cccs1. The van der Waals surface area contributed by atoms with Gasteiger partial charge in [-0.05, 0) is 17.4 Å². The summed E-state index contributed by atoms with van der Waals surface area (Å²) < 4.78 is 0. The van der Waals surface area contributed by atoms with E-state index in [0.29, 0.717) is 4.88 Å². The van der Waals surface area contributed by atoms with E-state index in [1.807, 2.05) is 39.1 Å². The Labute approximate surface area is 106 Å². The van der Waals surface area contributed by atoms with Crippen LogP contribution in [0.1, 0.15) is 37.4 Å². The van der Waals surface area contributed by atoms with Crippen LogP contribution in [0.2, 0.25) is 0 Å². The van der Waals surface area contributed by atoms with E-state index in [1.54, 1.807) is 6.07 Å². The standard InChI is InChI=1S/C13H19NO2S/c1-9(2)13(3,4)11(15)8-14-12(16)10-6-5-7-17-10/h5-7,9H,8H2,1-4H3,(H,14,16). The van der Waals surface area contributed by atoms with E-state index in [2.05, 4.69) is 5.32 Å². The van der Waals surface area contributed by atoms with E-state index in [1.165, 1.54) is 11.3 Å². The normalized spacial score (nSPS) is 11.6. The number of hydrogen-bond acceptors (Lipinski definition) is 3. The number of thiophene rings is 1. The second kappa shape index (κ2) is 5.45. The Morgan fingerprint density at radius 1 is 1.41 bits per heavy atom. The van der Waals surface area contributed by atoms with E-state index >= 15 is 0 Å². The summed E-state index contributed by atoms with van der Waals surface area (Å²) in [5, 5.41) is 4.51. The van der Waals surface area contributed by atoms with E-state index in [0.717, 1.165) is 0 Å². The van der Waals surface area contributed by atoms with E-state index in [9.17, 15) is 9.59 Å². The molecule has 0 aliphatic carbocycles. The van der Waals surface area contributed by atoms with Gasteiger partial charge in [-0.2, -0.15) is 0 Å². The van der Waals surface area contributed by atoms with Gasteiger partial charge in [0.15, 0.2) is 5.78 Å². The molecule has 0 bridgehead atoms. The second-order valence-electron chi connectivity index (χ2n) is 4.96. The monoisotopic (exact) mass is 253 g/mol. The van der Waals surface area contributed by atoms with Crippen LogP contribution in [0.3, 0.4) is 0 Å². The van der Waals surface area contributed by atoms with Crippen molar-refractivity contribution in [1.82, 2.24) is 5.32 Å². The number of nitrogens with one attached hydrogen (secondary N) is 1. The van der Waals surface area contributed by atoms with Gasteiger partial charge in [0, 0.05) is 5.41 Å². The van der Waals surface area contributed by atoms with Gasteiger partial charge in [-0.1, -0.05) is 33.8 Å². The lowest BCUT2D eigenvalue weighted by molar-refractivity contribution is -0.128. The van der Waals surface area contributed by atoms with Crippen LogP contribution in [0.4, 0.5) is 0 Å². The molecule has 0 atom stereocenters. The summed E-state index contributed by atoms with van der Waals surface area (Å²) >= 11 is 1.37. The van der Waals surface area contributed by atoms with Crippen LogP contribution in [0.25, 0.3) is 0 Å². The molecule has 1 aromatic heterocycles. The maximum Gasteiger partial charge on any atom is 0.261 e. The number of Topliss-reactive ketones (excluding diaryl/α,β-unsaturated/α-hetero) is 1. The highest BCUT2D eigenvalue weighted by Crippen LogP contribution is 2.26. The van der Waals surface area contributed by atoms with Crippen molar-refractivity contribution in [1.29, 1.82) is 0 Å². The second-order valence-corrected chi connectivity index (χ2v) is 5.91. The van der Waals surface area contributed by atoms with Crippen molar-refractivity contribution < 1.29 is 9.59 Å². The molecule has 0 saturated heterocycles. The van der Waals surface area contributed by atoms with Crippen molar-refractivity contribution >= 4 is 23.0 Å². The highest BCUT2D eigenvalue weighted by Gasteiger charge is 2.30. The Bertz CT molecular complexity index is 394. The fourth-order valence-corrected chi connectivity index (χ4v) is 1.85. The van der Waals surface area contributed by atoms with E-state index in [-0.39, 0.29) is 24.2 Å². The molecular formula is C13H19NO2S. The van der Waals surface area contributed by atoms with Gasteiger partial charge < -0.3 is 5.32 Å². The largest absolute Gasteiger partial charge is 0.344 e. The zero-order chi connectivity index (χ0) is 13.1. The maximum atomic E-state index is 12.0. The number of ketones is 1. The molecule has 17 heavy (non-hydrogen) atoms. The van der Waals surface area contributed by atoms with Crippen LogP contribution >= 0.6 is 11.3 Å². The lowest BCUT2D eigenvalue weighted by atomic mass is 9.77. The van der Waals surface area contributed by atoms with Gasteiger partial charge in [0.25, 0.3) is 5.91 Å². The summed E-state index contributed by atoms with van der Waals surface area (Å²) in [6.45, 7) is 7.95. The van der Waals surface area contributed by atoms with Crippen LogP contribution in [-0.2, 0) is 4.79 Å². The number of amides is 1. The fourth-order valence-electron chi connectivity index (χ4n) is 1.21. The van der Waals surface area contributed by atoms with Gasteiger partial charge in [0.05, 0.1) is 11.4 Å². The molecule has 0 aliphatic heterocycles. The number of carbonyl (C=O) groups excluding carboxylic acids is 2. The van der Waals surface area contributed by atoms with Crippen molar-refractivity contribution in [2.45, 2.75) is 27.7 Å². The average molecular weight is 253 g/mol. The third-order valence-electron chi connectivity index (χ3n) is 3.32. The molecule has 1 aromatic rings. The summed E-state index contributed by atoms with van der Waals surface area (Å²) in [7, 11) is 0. The Morgan fingerprint density at radius 3 is 2.53 bits per heavy atom. The molecule has 0 saturated carbocycles. The Kier molecular flexibility index (Phi) is 4.46. The molecule has 1 amide bonds. The summed E-state index contributed by atoms with van der Waals surface area (Å²) in [4.78, 5) is 24.3. The van der Waals surface area contributed by atoms with Crippen LogP contribution in [0.5, 0.6) is 0 Å². The quantitative estimate of drug-likeness (QED) is 0.877. The van der Waals surface area contributed by atoms with Crippen molar-refractivity contribution in [2.24, 2.45) is 11.3 Å². The first kappa shape index (κ1) is 13.9. The number of hydrogen-bond donors (Lipinski definition) is 1. The first-order chi connectivity index (χ1) is 7.85. The molecule has 0 aromatic carbocycles. The summed E-state index contributed by atoms with van der Waals surface area (Å²) in [5.41, 5.74) is -0.400. The van der Waals surface area contributed by atoms with Crippen LogP contribution in [0, 0.1) is 11.3 Å². The molecule has 3 nitrogen and oxygen atoms in total. The molecular weight excluding hydrogens is 234 g/mol. The van der Waals surface area contributed by atoms with Gasteiger partial charge in [-0.15, -0.1) is 11.3 Å². The van der Waals surface area contributed by atoms with Crippen LogP contribution in [-0.4, -0.2) is 18.2 Å². The highest BCUT2D eigenvalue weighted by atomic mass is 32.1. The molecule has 1 heterocycles. The lowest BCUT2D eigenvalue weighted by Gasteiger charge is -2.27. The smallest absolute Gasteiger partial charge is 0.261 e. The predicted molar refractivity (Wildman–Crippen MR) is 70.3 cm³/mol. The molecule has 94 valence electrons. The van der Waals surface area contributed by atoms with Crippen molar-refractivity contribution in [3.63, 3.8) is 0 Å². The maximum absolute atomic E-state index is 12.0. The van der Waals surface area contributed by atoms with E-state index < -0.39 is 5.41 Å². The molecule has 0 unspecified atom stereocenters. The zero-order valence-corrected chi connectivity index (χ0v) is 11.6. The van der Waals surface area contributed by atoms with Gasteiger partial charge in [-0.3, -0.25) is 9.59 Å². The minimum atomic E-state index is -0.400. The van der Waals surface area contributed by atoms with Gasteiger partial charge in [0.1, 0.15) is 0 Å². The molecule has 0 radical (unpaired) electrons. The summed E-state index contributed by atoms with van der Waals surface area (Å²) in [5.74, 6) is 0.152. The first-order valence-corrected chi connectivity index (χ1v) is 6.58. The first-order valence-electron chi connectivity index (χ1n) is 5.70. The topological polar surface area (TPSA) is 46.2 Å². The zero-order valence-electron chi connectivity index (χ0n) is 10.7. The third kappa shape index (κ3) is 3.40. The Balaban J connectivity index is 2.52. The Hall–Kier alpha value is -1.16. The van der Waals surface area contributed by atoms with Gasteiger partial charge in [-0.25, -0.2) is 0 Å². The van der Waals surface area contributed by atoms with Crippen molar-refractivity contribution in [2.75, 3.05) is 6.54 Å². The Morgan fingerprint density at radius 2 is 2.06 bits per heavy atom. The average Bonchev–Trinajstić information content (AvgIpc) is 2.78. The highest BCUT2D eigenvalue weighted by molar-refractivity contribution is 7.12.